The van der Waals surface area contributed by atoms with Crippen LogP contribution in [0, 0.1) is 0 Å². The monoisotopic (exact) mass is 460 g/mol. The first-order valence-electron chi connectivity index (χ1n) is 11.1. The third-order valence-electron chi connectivity index (χ3n) is 6.07. The van der Waals surface area contributed by atoms with Gasteiger partial charge in [0, 0.05) is 34.7 Å². The lowest BCUT2D eigenvalue weighted by Gasteiger charge is -2.30. The van der Waals surface area contributed by atoms with Crippen molar-refractivity contribution >= 4 is 39.9 Å². The number of para-hydroxylation sites is 1. The van der Waals surface area contributed by atoms with Gasteiger partial charge in [-0.1, -0.05) is 29.8 Å². The van der Waals surface area contributed by atoms with Crippen LogP contribution >= 0.6 is 11.6 Å². The van der Waals surface area contributed by atoms with Gasteiger partial charge in [-0.05, 0) is 56.0 Å². The van der Waals surface area contributed by atoms with E-state index in [1.807, 2.05) is 36.5 Å². The molecule has 3 aromatic heterocycles. The Balaban J connectivity index is 1.29. The number of aromatic nitrogens is 3. The van der Waals surface area contributed by atoms with Gasteiger partial charge in [-0.15, -0.1) is 0 Å². The van der Waals surface area contributed by atoms with E-state index < -0.39 is 0 Å². The Bertz CT molecular complexity index is 1290. The summed E-state index contributed by atoms with van der Waals surface area (Å²) >= 11 is 6.51. The number of H-pyrrole nitrogens is 1. The van der Waals surface area contributed by atoms with Crippen molar-refractivity contribution in [2.45, 2.75) is 37.8 Å². The molecule has 1 aliphatic rings. The van der Waals surface area contributed by atoms with E-state index in [1.54, 1.807) is 12.1 Å². The molecule has 4 aromatic rings. The Morgan fingerprint density at radius 1 is 1.09 bits per heavy atom. The van der Waals surface area contributed by atoms with Crippen molar-refractivity contribution < 1.29 is 4.79 Å². The number of carbonyl (C=O) groups is 1. The number of fused-ring (bicyclic) bond motifs is 1. The van der Waals surface area contributed by atoms with E-state index in [0.717, 1.165) is 53.7 Å². The fourth-order valence-electron chi connectivity index (χ4n) is 4.44. The minimum absolute atomic E-state index is 0.0727. The van der Waals surface area contributed by atoms with Gasteiger partial charge in [0.1, 0.15) is 11.5 Å². The minimum Gasteiger partial charge on any atom is -0.397 e. The molecule has 5 N–H and O–H groups in total. The van der Waals surface area contributed by atoms with Crippen molar-refractivity contribution in [3.05, 3.63) is 71.6 Å². The molecule has 3 heterocycles. The van der Waals surface area contributed by atoms with Crippen LogP contribution in [0.1, 0.15) is 36.2 Å². The zero-order valence-corrected chi connectivity index (χ0v) is 18.8. The lowest BCUT2D eigenvalue weighted by molar-refractivity contribution is 0.0921. The van der Waals surface area contributed by atoms with Gasteiger partial charge in [-0.25, -0.2) is 9.97 Å². The number of amides is 1. The first-order chi connectivity index (χ1) is 16.1. The quantitative estimate of drug-likeness (QED) is 0.334. The maximum atomic E-state index is 12.5. The van der Waals surface area contributed by atoms with Crippen LogP contribution in [0.4, 0.5) is 11.5 Å². The Morgan fingerprint density at radius 2 is 1.94 bits per heavy atom. The number of rotatable bonds is 5. The molecule has 168 valence electrons. The van der Waals surface area contributed by atoms with Gasteiger partial charge in [0.05, 0.1) is 22.6 Å². The van der Waals surface area contributed by atoms with Gasteiger partial charge < -0.3 is 21.4 Å². The fraction of sp³-hybridized carbons (Fsp3) is 0.240. The predicted molar refractivity (Wildman–Crippen MR) is 132 cm³/mol. The van der Waals surface area contributed by atoms with Crippen LogP contribution in [-0.4, -0.2) is 32.9 Å². The second kappa shape index (κ2) is 9.11. The molecule has 0 unspecified atom stereocenters. The number of carbonyl (C=O) groups excluding carboxylic acids is 1. The summed E-state index contributed by atoms with van der Waals surface area (Å²) in [6, 6.07) is 15.5. The van der Waals surface area contributed by atoms with Gasteiger partial charge in [0.15, 0.2) is 0 Å². The number of nitrogens with two attached hydrogens (primary N) is 1. The van der Waals surface area contributed by atoms with Crippen LogP contribution in [0.25, 0.3) is 22.2 Å². The standard InChI is InChI=1S/C25H25ClN6O/c26-20-9-11-23(32-24(20)19-14-29-21-7-2-1-6-18(19)21)30-16-4-3-5-17(12-16)31-25(33)22-10-8-15(27)13-28-22/h1-2,6-11,13-14,16-17,29H,3-5,12,27H2,(H,30,32)(H,31,33)/t16-,17+/m1/s1. The molecule has 0 spiro atoms. The lowest BCUT2D eigenvalue weighted by atomic mass is 9.91. The molecule has 8 heteroatoms. The van der Waals surface area contributed by atoms with Crippen LogP contribution < -0.4 is 16.4 Å². The van der Waals surface area contributed by atoms with Gasteiger partial charge in [-0.2, -0.15) is 0 Å². The molecular weight excluding hydrogens is 436 g/mol. The van der Waals surface area contributed by atoms with Crippen molar-refractivity contribution in [3.8, 4) is 11.3 Å². The van der Waals surface area contributed by atoms with E-state index in [-0.39, 0.29) is 18.0 Å². The molecule has 0 aliphatic heterocycles. The number of benzene rings is 1. The summed E-state index contributed by atoms with van der Waals surface area (Å²) in [5, 5.41) is 8.34. The summed E-state index contributed by atoms with van der Waals surface area (Å²) in [5.41, 5.74) is 9.34. The smallest absolute Gasteiger partial charge is 0.270 e. The summed E-state index contributed by atoms with van der Waals surface area (Å²) in [5.74, 6) is 0.601. The zero-order chi connectivity index (χ0) is 22.8. The highest BCUT2D eigenvalue weighted by atomic mass is 35.5. The lowest BCUT2D eigenvalue weighted by Crippen LogP contribution is -2.42. The third-order valence-corrected chi connectivity index (χ3v) is 6.38. The normalized spacial score (nSPS) is 18.2. The number of nitrogens with zero attached hydrogens (tertiary/aromatic N) is 2. The Morgan fingerprint density at radius 3 is 2.79 bits per heavy atom. The number of hydrogen-bond donors (Lipinski definition) is 4. The van der Waals surface area contributed by atoms with E-state index in [1.165, 1.54) is 6.20 Å². The van der Waals surface area contributed by atoms with E-state index in [2.05, 4.69) is 26.7 Å². The molecule has 1 amide bonds. The van der Waals surface area contributed by atoms with Crippen molar-refractivity contribution in [2.24, 2.45) is 0 Å². The average molecular weight is 461 g/mol. The van der Waals surface area contributed by atoms with E-state index in [0.29, 0.717) is 16.4 Å². The summed E-state index contributed by atoms with van der Waals surface area (Å²) < 4.78 is 0. The predicted octanol–water partition coefficient (Wildman–Crippen LogP) is 5.01. The second-order valence-corrected chi connectivity index (χ2v) is 8.84. The number of halogens is 1. The first kappa shape index (κ1) is 21.3. The van der Waals surface area contributed by atoms with Crippen molar-refractivity contribution in [1.82, 2.24) is 20.3 Å². The molecular formula is C25H25ClN6O. The Hall–Kier alpha value is -3.58. The highest BCUT2D eigenvalue weighted by Crippen LogP contribution is 2.33. The number of nitrogen functional groups attached to an aromatic ring is 1. The van der Waals surface area contributed by atoms with Crippen LogP contribution in [0.5, 0.6) is 0 Å². The van der Waals surface area contributed by atoms with Crippen molar-refractivity contribution in [2.75, 3.05) is 11.1 Å². The number of pyridine rings is 2. The van der Waals surface area contributed by atoms with E-state index in [9.17, 15) is 4.79 Å². The molecule has 0 bridgehead atoms. The number of aromatic amines is 1. The molecule has 2 atom stereocenters. The van der Waals surface area contributed by atoms with Crippen molar-refractivity contribution in [1.29, 1.82) is 0 Å². The van der Waals surface area contributed by atoms with Gasteiger partial charge in [0.25, 0.3) is 5.91 Å². The maximum Gasteiger partial charge on any atom is 0.270 e. The van der Waals surface area contributed by atoms with Gasteiger partial charge in [-0.3, -0.25) is 4.79 Å². The van der Waals surface area contributed by atoms with Crippen LogP contribution in [0.3, 0.4) is 0 Å². The first-order valence-corrected chi connectivity index (χ1v) is 11.5. The molecule has 0 radical (unpaired) electrons. The minimum atomic E-state index is -0.174. The Kier molecular flexibility index (Phi) is 5.88. The summed E-state index contributed by atoms with van der Waals surface area (Å²) in [6.45, 7) is 0. The maximum absolute atomic E-state index is 12.5. The van der Waals surface area contributed by atoms with Crippen LogP contribution in [0.2, 0.25) is 5.02 Å². The van der Waals surface area contributed by atoms with Crippen molar-refractivity contribution in [3.63, 3.8) is 0 Å². The summed E-state index contributed by atoms with van der Waals surface area (Å²) in [6.07, 6.45) is 7.22. The second-order valence-electron chi connectivity index (χ2n) is 8.43. The molecule has 1 fully saturated rings. The highest BCUT2D eigenvalue weighted by Gasteiger charge is 2.24. The SMILES string of the molecule is Nc1ccc(C(=O)N[C@H]2CCC[C@@H](Nc3ccc(Cl)c(-c4c[nH]c5ccccc45)n3)C2)nc1. The fourth-order valence-corrected chi connectivity index (χ4v) is 4.65. The molecule has 0 saturated heterocycles. The molecule has 7 nitrogen and oxygen atoms in total. The van der Waals surface area contributed by atoms with Gasteiger partial charge >= 0.3 is 0 Å². The zero-order valence-electron chi connectivity index (χ0n) is 18.0. The average Bonchev–Trinajstić information content (AvgIpc) is 3.25. The van der Waals surface area contributed by atoms with E-state index in [4.69, 9.17) is 22.3 Å². The number of nitrogens with one attached hydrogen (secondary N) is 3. The summed E-state index contributed by atoms with van der Waals surface area (Å²) in [7, 11) is 0. The molecule has 1 aromatic carbocycles. The third kappa shape index (κ3) is 4.64. The Labute approximate surface area is 196 Å². The van der Waals surface area contributed by atoms with Gasteiger partial charge in [0.2, 0.25) is 0 Å². The molecule has 5 rings (SSSR count). The molecule has 1 saturated carbocycles. The van der Waals surface area contributed by atoms with Crippen LogP contribution in [0.15, 0.2) is 60.9 Å². The largest absolute Gasteiger partial charge is 0.397 e. The summed E-state index contributed by atoms with van der Waals surface area (Å²) in [4.78, 5) is 24.8. The van der Waals surface area contributed by atoms with Crippen LogP contribution in [-0.2, 0) is 0 Å². The highest BCUT2D eigenvalue weighted by molar-refractivity contribution is 6.33. The molecule has 1 aliphatic carbocycles. The molecule has 33 heavy (non-hydrogen) atoms. The number of anilines is 2. The number of hydrogen-bond acceptors (Lipinski definition) is 5. The van der Waals surface area contributed by atoms with E-state index >= 15 is 0 Å². The topological polar surface area (TPSA) is 109 Å².